The molecule has 0 aromatic carbocycles. The minimum absolute atomic E-state index is 0.300. The second-order valence-electron chi connectivity index (χ2n) is 2.61. The third-order valence-corrected chi connectivity index (χ3v) is 3.15. The third-order valence-electron chi connectivity index (χ3n) is 1.17. The van der Waals surface area contributed by atoms with E-state index in [9.17, 15) is 10.1 Å². The van der Waals surface area contributed by atoms with Crippen LogP contribution in [0.3, 0.4) is 0 Å². The van der Waals surface area contributed by atoms with Crippen molar-refractivity contribution in [3.63, 3.8) is 0 Å². The van der Waals surface area contributed by atoms with E-state index in [0.717, 1.165) is 0 Å². The van der Waals surface area contributed by atoms with Gasteiger partial charge in [-0.15, -0.1) is 0 Å². The molecule has 0 aromatic heterocycles. The molecular formula is C6H12N2O2S2. The number of nitro groups is 1. The predicted octanol–water partition coefficient (Wildman–Crippen LogP) is 1.23. The highest BCUT2D eigenvalue weighted by atomic mass is 32.2. The Balaban J connectivity index is 3.69. The maximum atomic E-state index is 10.2. The van der Waals surface area contributed by atoms with Crippen molar-refractivity contribution in [3.05, 3.63) is 10.1 Å². The molecule has 0 bridgehead atoms. The molecule has 0 saturated heterocycles. The van der Waals surface area contributed by atoms with Crippen molar-refractivity contribution in [2.24, 2.45) is 0 Å². The highest BCUT2D eigenvalue weighted by Crippen LogP contribution is 2.09. The maximum Gasteiger partial charge on any atom is 0.219 e. The van der Waals surface area contributed by atoms with Gasteiger partial charge in [0.15, 0.2) is 0 Å². The van der Waals surface area contributed by atoms with Crippen LogP contribution in [0.15, 0.2) is 0 Å². The van der Waals surface area contributed by atoms with Crippen LogP contribution in [0, 0.1) is 10.1 Å². The summed E-state index contributed by atoms with van der Waals surface area (Å²) in [5, 5.41) is 10.2. The van der Waals surface area contributed by atoms with Crippen molar-refractivity contribution in [2.75, 3.05) is 19.8 Å². The van der Waals surface area contributed by atoms with Gasteiger partial charge in [-0.2, -0.15) is 0 Å². The Labute approximate surface area is 81.5 Å². The van der Waals surface area contributed by atoms with Gasteiger partial charge in [0.2, 0.25) is 6.04 Å². The van der Waals surface area contributed by atoms with Crippen molar-refractivity contribution in [1.82, 2.24) is 4.90 Å². The van der Waals surface area contributed by atoms with Crippen LogP contribution in [-0.2, 0) is 0 Å². The van der Waals surface area contributed by atoms with E-state index in [4.69, 9.17) is 12.2 Å². The van der Waals surface area contributed by atoms with Gasteiger partial charge in [-0.3, -0.25) is 10.1 Å². The lowest BCUT2D eigenvalue weighted by Gasteiger charge is -2.12. The molecule has 0 spiro atoms. The Kier molecular flexibility index (Phi) is 5.16. The van der Waals surface area contributed by atoms with E-state index in [1.807, 2.05) is 14.1 Å². The van der Waals surface area contributed by atoms with Gasteiger partial charge in [-0.25, -0.2) is 0 Å². The van der Waals surface area contributed by atoms with Gasteiger partial charge >= 0.3 is 0 Å². The first-order valence-electron chi connectivity index (χ1n) is 3.42. The zero-order valence-electron chi connectivity index (χ0n) is 7.31. The molecule has 0 aliphatic rings. The summed E-state index contributed by atoms with van der Waals surface area (Å²) in [5.41, 5.74) is 0. The van der Waals surface area contributed by atoms with Crippen molar-refractivity contribution in [1.29, 1.82) is 0 Å². The second kappa shape index (κ2) is 5.31. The molecule has 1 unspecified atom stereocenters. The lowest BCUT2D eigenvalue weighted by Crippen LogP contribution is -2.22. The molecule has 0 saturated carbocycles. The fraction of sp³-hybridized carbons (Fsp3) is 0.833. The first-order chi connectivity index (χ1) is 5.45. The van der Waals surface area contributed by atoms with Crippen LogP contribution in [0.4, 0.5) is 0 Å². The van der Waals surface area contributed by atoms with Crippen LogP contribution in [0.2, 0.25) is 0 Å². The highest BCUT2D eigenvalue weighted by Gasteiger charge is 2.14. The van der Waals surface area contributed by atoms with Crippen molar-refractivity contribution in [2.45, 2.75) is 13.0 Å². The molecule has 0 fully saturated rings. The van der Waals surface area contributed by atoms with E-state index in [1.165, 1.54) is 11.8 Å². The van der Waals surface area contributed by atoms with Crippen LogP contribution in [0.5, 0.6) is 0 Å². The molecule has 6 heteroatoms. The van der Waals surface area contributed by atoms with Gasteiger partial charge in [0.1, 0.15) is 4.32 Å². The van der Waals surface area contributed by atoms with Crippen molar-refractivity contribution >= 4 is 28.3 Å². The van der Waals surface area contributed by atoms with Crippen molar-refractivity contribution in [3.8, 4) is 0 Å². The third kappa shape index (κ3) is 4.50. The van der Waals surface area contributed by atoms with E-state index < -0.39 is 6.04 Å². The number of thioether (sulfide) groups is 1. The quantitative estimate of drug-likeness (QED) is 0.396. The number of hydrogen-bond acceptors (Lipinski definition) is 4. The van der Waals surface area contributed by atoms with Gasteiger partial charge in [0.25, 0.3) is 0 Å². The molecule has 0 aromatic rings. The van der Waals surface area contributed by atoms with E-state index in [0.29, 0.717) is 10.1 Å². The maximum absolute atomic E-state index is 10.2. The zero-order valence-corrected chi connectivity index (χ0v) is 8.94. The summed E-state index contributed by atoms with van der Waals surface area (Å²) in [6.45, 7) is 1.57. The molecule has 0 heterocycles. The van der Waals surface area contributed by atoms with E-state index >= 15 is 0 Å². The van der Waals surface area contributed by atoms with Crippen LogP contribution in [-0.4, -0.2) is 40.0 Å². The molecule has 4 nitrogen and oxygen atoms in total. The summed E-state index contributed by atoms with van der Waals surface area (Å²) in [4.78, 5) is 11.7. The molecule has 0 amide bonds. The fourth-order valence-corrected chi connectivity index (χ4v) is 1.35. The van der Waals surface area contributed by atoms with Crippen LogP contribution >= 0.6 is 24.0 Å². The van der Waals surface area contributed by atoms with Gasteiger partial charge < -0.3 is 4.90 Å². The summed E-state index contributed by atoms with van der Waals surface area (Å²) in [6.07, 6.45) is 0. The second-order valence-corrected chi connectivity index (χ2v) is 4.26. The summed E-state index contributed by atoms with van der Waals surface area (Å²) >= 11 is 6.29. The van der Waals surface area contributed by atoms with Crippen LogP contribution < -0.4 is 0 Å². The molecule has 0 N–H and O–H groups in total. The zero-order chi connectivity index (χ0) is 9.72. The first kappa shape index (κ1) is 11.6. The van der Waals surface area contributed by atoms with Crippen LogP contribution in [0.1, 0.15) is 6.92 Å². The number of hydrogen-bond donors (Lipinski definition) is 0. The average molecular weight is 208 g/mol. The Morgan fingerprint density at radius 3 is 2.58 bits per heavy atom. The Morgan fingerprint density at radius 1 is 1.75 bits per heavy atom. The standard InChI is InChI=1S/C6H12N2O2S2/c1-5(8(9)10)4-12-6(11)7(2)3/h5H,4H2,1-3H3. The molecule has 1 atom stereocenters. The minimum atomic E-state index is -0.534. The first-order valence-corrected chi connectivity index (χ1v) is 4.82. The van der Waals surface area contributed by atoms with Crippen molar-refractivity contribution < 1.29 is 4.92 Å². The molecule has 0 aliphatic carbocycles. The Morgan fingerprint density at radius 2 is 2.25 bits per heavy atom. The number of rotatable bonds is 3. The lowest BCUT2D eigenvalue weighted by molar-refractivity contribution is -0.511. The summed E-state index contributed by atoms with van der Waals surface area (Å²) in [6, 6.07) is -0.534. The monoisotopic (exact) mass is 208 g/mol. The van der Waals surface area contributed by atoms with E-state index in [2.05, 4.69) is 0 Å². The SMILES string of the molecule is CC(CSC(=S)N(C)C)[N+](=O)[O-]. The minimum Gasteiger partial charge on any atom is -0.364 e. The molecule has 70 valence electrons. The Hall–Kier alpha value is -0.360. The molecule has 0 radical (unpaired) electrons. The van der Waals surface area contributed by atoms with Gasteiger partial charge in [0.05, 0.1) is 5.75 Å². The summed E-state index contributed by atoms with van der Waals surface area (Å²) in [7, 11) is 3.65. The molecule has 0 rings (SSSR count). The predicted molar refractivity (Wildman–Crippen MR) is 55.2 cm³/mol. The average Bonchev–Trinajstić information content (AvgIpc) is 1.98. The molecular weight excluding hydrogens is 196 g/mol. The Bertz CT molecular complexity index is 184. The molecule has 0 aliphatic heterocycles. The number of thiocarbonyl (C=S) groups is 1. The fourth-order valence-electron chi connectivity index (χ4n) is 0.382. The van der Waals surface area contributed by atoms with E-state index in [1.54, 1.807) is 11.8 Å². The largest absolute Gasteiger partial charge is 0.364 e. The summed E-state index contributed by atoms with van der Waals surface area (Å²) < 4.78 is 0.684. The normalized spacial score (nSPS) is 12.2. The molecule has 12 heavy (non-hydrogen) atoms. The topological polar surface area (TPSA) is 46.4 Å². The van der Waals surface area contributed by atoms with Gasteiger partial charge in [-0.1, -0.05) is 24.0 Å². The summed E-state index contributed by atoms with van der Waals surface area (Å²) in [5.74, 6) is 0.435. The van der Waals surface area contributed by atoms with E-state index in [-0.39, 0.29) is 4.92 Å². The lowest BCUT2D eigenvalue weighted by atomic mass is 10.4. The van der Waals surface area contributed by atoms with Crippen LogP contribution in [0.25, 0.3) is 0 Å². The number of nitrogens with zero attached hydrogens (tertiary/aromatic N) is 2. The smallest absolute Gasteiger partial charge is 0.219 e. The van der Waals surface area contributed by atoms with Gasteiger partial charge in [0, 0.05) is 25.9 Å². The van der Waals surface area contributed by atoms with Gasteiger partial charge in [-0.05, 0) is 0 Å². The highest BCUT2D eigenvalue weighted by molar-refractivity contribution is 8.22.